The SMILES string of the molecule is COC(=O)CCC(=O)NC(=S)Nc1ccc(-c2nc3ccc(C)cc3s2)cc1. The van der Waals surface area contributed by atoms with Gasteiger partial charge in [0.05, 0.1) is 23.7 Å². The number of carbonyl (C=O) groups excluding carboxylic acids is 2. The minimum atomic E-state index is -0.436. The van der Waals surface area contributed by atoms with Crippen molar-refractivity contribution in [2.75, 3.05) is 12.4 Å². The summed E-state index contributed by atoms with van der Waals surface area (Å²) in [4.78, 5) is 27.5. The third kappa shape index (κ3) is 5.11. The van der Waals surface area contributed by atoms with Crippen LogP contribution in [-0.2, 0) is 14.3 Å². The summed E-state index contributed by atoms with van der Waals surface area (Å²) in [6, 6.07) is 13.9. The maximum atomic E-state index is 11.8. The fourth-order valence-electron chi connectivity index (χ4n) is 2.52. The Kier molecular flexibility index (Phi) is 6.33. The summed E-state index contributed by atoms with van der Waals surface area (Å²) in [7, 11) is 1.28. The number of aromatic nitrogens is 1. The van der Waals surface area contributed by atoms with Crippen molar-refractivity contribution in [2.24, 2.45) is 0 Å². The Bertz CT molecular complexity index is 1030. The van der Waals surface area contributed by atoms with E-state index >= 15 is 0 Å². The van der Waals surface area contributed by atoms with Crippen molar-refractivity contribution in [1.29, 1.82) is 0 Å². The number of ether oxygens (including phenoxy) is 1. The van der Waals surface area contributed by atoms with E-state index in [0.29, 0.717) is 0 Å². The van der Waals surface area contributed by atoms with E-state index < -0.39 is 5.97 Å². The molecule has 0 spiro atoms. The molecule has 0 aliphatic heterocycles. The highest BCUT2D eigenvalue weighted by molar-refractivity contribution is 7.80. The number of nitrogens with one attached hydrogen (secondary N) is 2. The lowest BCUT2D eigenvalue weighted by Crippen LogP contribution is -2.34. The highest BCUT2D eigenvalue weighted by Gasteiger charge is 2.10. The Hall–Kier alpha value is -2.84. The molecule has 0 aliphatic rings. The topological polar surface area (TPSA) is 80.3 Å². The van der Waals surface area contributed by atoms with Gasteiger partial charge >= 0.3 is 5.97 Å². The van der Waals surface area contributed by atoms with Gasteiger partial charge in [0.15, 0.2) is 5.11 Å². The second-order valence-corrected chi connectivity index (χ2v) is 7.58. The Labute approximate surface area is 171 Å². The minimum Gasteiger partial charge on any atom is -0.469 e. The number of esters is 1. The molecule has 8 heteroatoms. The summed E-state index contributed by atoms with van der Waals surface area (Å²) in [5, 5.41) is 6.62. The number of thiocarbonyl (C=S) groups is 1. The van der Waals surface area contributed by atoms with Crippen LogP contribution < -0.4 is 10.6 Å². The van der Waals surface area contributed by atoms with E-state index in [4.69, 9.17) is 12.2 Å². The quantitative estimate of drug-likeness (QED) is 0.485. The first-order valence-electron chi connectivity index (χ1n) is 8.60. The van der Waals surface area contributed by atoms with Gasteiger partial charge in [-0.15, -0.1) is 11.3 Å². The second kappa shape index (κ2) is 8.90. The van der Waals surface area contributed by atoms with E-state index in [1.54, 1.807) is 11.3 Å². The standard InChI is InChI=1S/C20H19N3O3S2/c1-12-3-8-15-16(11-12)28-19(22-15)13-4-6-14(7-5-13)21-20(27)23-17(24)9-10-18(25)26-2/h3-8,11H,9-10H2,1-2H3,(H2,21,23,24,27). The molecule has 2 N–H and O–H groups in total. The summed E-state index contributed by atoms with van der Waals surface area (Å²) in [5.74, 6) is -0.779. The number of hydrogen-bond donors (Lipinski definition) is 2. The molecule has 0 aliphatic carbocycles. The zero-order valence-electron chi connectivity index (χ0n) is 15.4. The van der Waals surface area contributed by atoms with Crippen LogP contribution in [0.25, 0.3) is 20.8 Å². The van der Waals surface area contributed by atoms with Gasteiger partial charge in [0, 0.05) is 17.7 Å². The molecule has 3 rings (SSSR count). The molecule has 0 radical (unpaired) electrons. The van der Waals surface area contributed by atoms with Gasteiger partial charge < -0.3 is 15.4 Å². The third-order valence-corrected chi connectivity index (χ3v) is 5.24. The number of anilines is 1. The van der Waals surface area contributed by atoms with Crippen molar-refractivity contribution in [3.63, 3.8) is 0 Å². The van der Waals surface area contributed by atoms with Crippen LogP contribution in [0.2, 0.25) is 0 Å². The van der Waals surface area contributed by atoms with Crippen LogP contribution in [0.4, 0.5) is 5.69 Å². The van der Waals surface area contributed by atoms with E-state index in [1.165, 1.54) is 12.7 Å². The number of rotatable bonds is 5. The van der Waals surface area contributed by atoms with Gasteiger partial charge in [-0.05, 0) is 61.1 Å². The largest absolute Gasteiger partial charge is 0.469 e. The van der Waals surface area contributed by atoms with Gasteiger partial charge in [-0.3, -0.25) is 9.59 Å². The Morgan fingerprint density at radius 3 is 2.61 bits per heavy atom. The predicted octanol–water partition coefficient (Wildman–Crippen LogP) is 4.04. The lowest BCUT2D eigenvalue weighted by molar-refractivity contribution is -0.142. The zero-order valence-corrected chi connectivity index (χ0v) is 17.1. The van der Waals surface area contributed by atoms with Crippen molar-refractivity contribution in [1.82, 2.24) is 10.3 Å². The number of benzene rings is 2. The van der Waals surface area contributed by atoms with Crippen molar-refractivity contribution in [3.8, 4) is 10.6 Å². The van der Waals surface area contributed by atoms with Crippen LogP contribution in [0.3, 0.4) is 0 Å². The number of thiazole rings is 1. The van der Waals surface area contributed by atoms with Crippen molar-refractivity contribution >= 4 is 56.4 Å². The summed E-state index contributed by atoms with van der Waals surface area (Å²) in [6.07, 6.45) is 0.0336. The first-order valence-corrected chi connectivity index (χ1v) is 9.82. The van der Waals surface area contributed by atoms with Gasteiger partial charge in [0.2, 0.25) is 5.91 Å². The van der Waals surface area contributed by atoms with Gasteiger partial charge in [-0.25, -0.2) is 4.98 Å². The average Bonchev–Trinajstić information content (AvgIpc) is 3.09. The molecule has 0 atom stereocenters. The van der Waals surface area contributed by atoms with Crippen LogP contribution >= 0.6 is 23.6 Å². The van der Waals surface area contributed by atoms with Crippen molar-refractivity contribution in [2.45, 2.75) is 19.8 Å². The van der Waals surface area contributed by atoms with Crippen molar-refractivity contribution < 1.29 is 14.3 Å². The number of fused-ring (bicyclic) bond motifs is 1. The van der Waals surface area contributed by atoms with E-state index in [1.807, 2.05) is 30.3 Å². The Morgan fingerprint density at radius 2 is 1.89 bits per heavy atom. The van der Waals surface area contributed by atoms with Crippen LogP contribution in [0.15, 0.2) is 42.5 Å². The molecule has 2 aromatic carbocycles. The van der Waals surface area contributed by atoms with Gasteiger partial charge in [0.1, 0.15) is 5.01 Å². The molecule has 0 saturated heterocycles. The molecule has 1 amide bonds. The van der Waals surface area contributed by atoms with Gasteiger partial charge in [0.25, 0.3) is 0 Å². The highest BCUT2D eigenvalue weighted by Crippen LogP contribution is 2.31. The summed E-state index contributed by atoms with van der Waals surface area (Å²) in [6.45, 7) is 2.07. The second-order valence-electron chi connectivity index (χ2n) is 6.15. The molecule has 0 unspecified atom stereocenters. The number of carbonyl (C=O) groups is 2. The molecule has 0 fully saturated rings. The number of methoxy groups -OCH3 is 1. The lowest BCUT2D eigenvalue weighted by Gasteiger charge is -2.09. The first kappa shape index (κ1) is 19.9. The molecule has 0 bridgehead atoms. The summed E-state index contributed by atoms with van der Waals surface area (Å²) in [5.41, 5.74) is 3.96. The maximum absolute atomic E-state index is 11.8. The molecule has 3 aromatic rings. The van der Waals surface area contributed by atoms with Crippen LogP contribution in [0.1, 0.15) is 18.4 Å². The minimum absolute atomic E-state index is 0.0152. The third-order valence-electron chi connectivity index (χ3n) is 3.97. The van der Waals surface area contributed by atoms with Gasteiger partial charge in [-0.1, -0.05) is 6.07 Å². The first-order chi connectivity index (χ1) is 13.4. The fourth-order valence-corrected chi connectivity index (χ4v) is 3.82. The van der Waals surface area contributed by atoms with E-state index in [2.05, 4.69) is 39.4 Å². The summed E-state index contributed by atoms with van der Waals surface area (Å²) >= 11 is 6.78. The molecule has 6 nitrogen and oxygen atoms in total. The van der Waals surface area contributed by atoms with Crippen LogP contribution in [0.5, 0.6) is 0 Å². The number of hydrogen-bond acceptors (Lipinski definition) is 6. The summed E-state index contributed by atoms with van der Waals surface area (Å²) < 4.78 is 5.66. The smallest absolute Gasteiger partial charge is 0.306 e. The zero-order chi connectivity index (χ0) is 20.1. The molecule has 144 valence electrons. The lowest BCUT2D eigenvalue weighted by atomic mass is 10.2. The Morgan fingerprint density at radius 1 is 1.14 bits per heavy atom. The monoisotopic (exact) mass is 413 g/mol. The van der Waals surface area contributed by atoms with Crippen LogP contribution in [0, 0.1) is 6.92 Å². The van der Waals surface area contributed by atoms with Crippen molar-refractivity contribution in [3.05, 3.63) is 48.0 Å². The predicted molar refractivity (Wildman–Crippen MR) is 115 cm³/mol. The molecule has 1 aromatic heterocycles. The fraction of sp³-hybridized carbons (Fsp3) is 0.200. The normalized spacial score (nSPS) is 10.5. The highest BCUT2D eigenvalue weighted by atomic mass is 32.1. The molecule has 0 saturated carbocycles. The van der Waals surface area contributed by atoms with E-state index in [0.717, 1.165) is 26.5 Å². The van der Waals surface area contributed by atoms with E-state index in [9.17, 15) is 9.59 Å². The van der Waals surface area contributed by atoms with Gasteiger partial charge in [-0.2, -0.15) is 0 Å². The number of amides is 1. The van der Waals surface area contributed by atoms with E-state index in [-0.39, 0.29) is 23.9 Å². The average molecular weight is 414 g/mol. The molecular weight excluding hydrogens is 394 g/mol. The molecule has 1 heterocycles. The number of nitrogens with zero attached hydrogens (tertiary/aromatic N) is 1. The molecular formula is C20H19N3O3S2. The number of aryl methyl sites for hydroxylation is 1. The van der Waals surface area contributed by atoms with Crippen LogP contribution in [-0.4, -0.2) is 29.1 Å². The Balaban J connectivity index is 1.60. The maximum Gasteiger partial charge on any atom is 0.306 e. The molecule has 28 heavy (non-hydrogen) atoms.